The van der Waals surface area contributed by atoms with Gasteiger partial charge in [0.15, 0.2) is 5.82 Å². The molecule has 0 saturated heterocycles. The van der Waals surface area contributed by atoms with E-state index in [1.54, 1.807) is 6.07 Å². The van der Waals surface area contributed by atoms with Crippen molar-refractivity contribution in [3.8, 4) is 11.4 Å². The first kappa shape index (κ1) is 18.8. The van der Waals surface area contributed by atoms with Gasteiger partial charge in [-0.25, -0.2) is 0 Å². The average molecular weight is 417 g/mol. The highest BCUT2D eigenvalue weighted by molar-refractivity contribution is 6.33. The fraction of sp³-hybridized carbons (Fsp3) is 0.208. The number of carbonyl (C=O) groups excluding carboxylic acids is 1. The van der Waals surface area contributed by atoms with Crippen LogP contribution in [0.2, 0.25) is 5.02 Å². The molecule has 2 heterocycles. The Morgan fingerprint density at radius 3 is 2.77 bits per heavy atom. The number of hydrogen-bond donors (Lipinski definition) is 1. The third-order valence-corrected chi connectivity index (χ3v) is 5.94. The number of hydrogen-bond acceptors (Lipinski definition) is 3. The normalized spacial score (nSPS) is 13.6. The second kappa shape index (κ2) is 7.92. The Labute approximate surface area is 179 Å². The summed E-state index contributed by atoms with van der Waals surface area (Å²) in [6.45, 7) is 0.889. The molecular weight excluding hydrogens is 396 g/mol. The lowest BCUT2D eigenvalue weighted by molar-refractivity contribution is 0.102. The summed E-state index contributed by atoms with van der Waals surface area (Å²) >= 11 is 6.51. The van der Waals surface area contributed by atoms with Gasteiger partial charge in [0.25, 0.3) is 5.91 Å². The van der Waals surface area contributed by atoms with Crippen LogP contribution in [-0.2, 0) is 13.0 Å². The van der Waals surface area contributed by atoms with Gasteiger partial charge in [0.05, 0.1) is 5.02 Å². The van der Waals surface area contributed by atoms with Crippen molar-refractivity contribution in [2.45, 2.75) is 32.2 Å². The summed E-state index contributed by atoms with van der Waals surface area (Å²) in [5, 5.41) is 14.4. The number of rotatable bonds is 3. The molecule has 150 valence electrons. The summed E-state index contributed by atoms with van der Waals surface area (Å²) in [6, 6.07) is 19.1. The third kappa shape index (κ3) is 3.46. The summed E-state index contributed by atoms with van der Waals surface area (Å²) in [5.74, 6) is 1.61. The predicted octanol–water partition coefficient (Wildman–Crippen LogP) is 5.73. The van der Waals surface area contributed by atoms with E-state index in [-0.39, 0.29) is 5.91 Å². The Morgan fingerprint density at radius 2 is 1.83 bits per heavy atom. The van der Waals surface area contributed by atoms with Crippen molar-refractivity contribution in [2.75, 3.05) is 5.32 Å². The molecule has 0 aliphatic carbocycles. The number of aryl methyl sites for hydroxylation is 1. The number of fused-ring (bicyclic) bond motifs is 2. The summed E-state index contributed by atoms with van der Waals surface area (Å²) in [5.41, 5.74) is 2.10. The van der Waals surface area contributed by atoms with E-state index >= 15 is 0 Å². The first-order valence-electron chi connectivity index (χ1n) is 10.2. The standard InChI is InChI=1S/C24H21ClN4O/c25-21-13-12-17(15-20(21)23-28-27-22-11-2-1-5-14-29(22)23)26-24(30)19-10-6-8-16-7-3-4-9-18(16)19/h3-4,6-10,12-13,15H,1-2,5,11,14H2,(H,26,30). The van der Waals surface area contributed by atoms with Crippen molar-refractivity contribution in [1.29, 1.82) is 0 Å². The second-order valence-corrected chi connectivity index (χ2v) is 7.98. The number of aromatic nitrogens is 3. The zero-order valence-corrected chi connectivity index (χ0v) is 17.2. The Balaban J connectivity index is 1.48. The molecule has 0 unspecified atom stereocenters. The molecule has 1 N–H and O–H groups in total. The Morgan fingerprint density at radius 1 is 0.967 bits per heavy atom. The molecule has 0 fully saturated rings. The molecule has 1 aliphatic heterocycles. The van der Waals surface area contributed by atoms with E-state index in [2.05, 4.69) is 20.1 Å². The van der Waals surface area contributed by atoms with Gasteiger partial charge in [0.1, 0.15) is 5.82 Å². The molecule has 1 aliphatic rings. The molecule has 30 heavy (non-hydrogen) atoms. The van der Waals surface area contributed by atoms with Crippen molar-refractivity contribution >= 4 is 34.0 Å². The number of nitrogens with zero attached hydrogens (tertiary/aromatic N) is 3. The highest BCUT2D eigenvalue weighted by Crippen LogP contribution is 2.31. The zero-order valence-electron chi connectivity index (χ0n) is 16.4. The van der Waals surface area contributed by atoms with E-state index in [4.69, 9.17) is 11.6 Å². The van der Waals surface area contributed by atoms with E-state index in [0.29, 0.717) is 16.3 Å². The van der Waals surface area contributed by atoms with E-state index in [9.17, 15) is 4.79 Å². The minimum absolute atomic E-state index is 0.153. The number of halogens is 1. The zero-order chi connectivity index (χ0) is 20.5. The number of benzene rings is 3. The number of carbonyl (C=O) groups is 1. The van der Waals surface area contributed by atoms with Crippen LogP contribution in [-0.4, -0.2) is 20.7 Å². The average Bonchev–Trinajstić information content (AvgIpc) is 3.02. The van der Waals surface area contributed by atoms with E-state index < -0.39 is 0 Å². The van der Waals surface area contributed by atoms with E-state index in [1.165, 1.54) is 6.42 Å². The maximum absolute atomic E-state index is 13.0. The fourth-order valence-corrected chi connectivity index (χ4v) is 4.28. The molecular formula is C24H21ClN4O. The second-order valence-electron chi connectivity index (χ2n) is 7.58. The van der Waals surface area contributed by atoms with E-state index in [0.717, 1.165) is 53.8 Å². The monoisotopic (exact) mass is 416 g/mol. The molecule has 5 rings (SSSR count). The van der Waals surface area contributed by atoms with Gasteiger partial charge in [0.2, 0.25) is 0 Å². The molecule has 4 aromatic rings. The van der Waals surface area contributed by atoms with Gasteiger partial charge in [-0.05, 0) is 47.9 Å². The Kier molecular flexibility index (Phi) is 4.97. The Hall–Kier alpha value is -3.18. The maximum Gasteiger partial charge on any atom is 0.256 e. The van der Waals surface area contributed by atoms with Gasteiger partial charge in [-0.1, -0.05) is 54.4 Å². The lowest BCUT2D eigenvalue weighted by Crippen LogP contribution is -2.12. The molecule has 5 nitrogen and oxygen atoms in total. The molecule has 6 heteroatoms. The fourth-order valence-electron chi connectivity index (χ4n) is 4.08. The van der Waals surface area contributed by atoms with Gasteiger partial charge in [-0.15, -0.1) is 10.2 Å². The summed E-state index contributed by atoms with van der Waals surface area (Å²) in [6.07, 6.45) is 4.36. The molecule has 1 amide bonds. The van der Waals surface area contributed by atoms with Gasteiger partial charge < -0.3 is 9.88 Å². The molecule has 0 saturated carbocycles. The summed E-state index contributed by atoms with van der Waals surface area (Å²) in [4.78, 5) is 13.0. The van der Waals surface area contributed by atoms with Gasteiger partial charge in [0, 0.05) is 29.8 Å². The lowest BCUT2D eigenvalue weighted by Gasteiger charge is -2.12. The van der Waals surface area contributed by atoms with E-state index in [1.807, 2.05) is 54.6 Å². The van der Waals surface area contributed by atoms with Crippen molar-refractivity contribution in [3.63, 3.8) is 0 Å². The van der Waals surface area contributed by atoms with Crippen LogP contribution in [0.25, 0.3) is 22.2 Å². The van der Waals surface area contributed by atoms with Crippen molar-refractivity contribution in [1.82, 2.24) is 14.8 Å². The van der Waals surface area contributed by atoms with Crippen LogP contribution >= 0.6 is 11.6 Å². The molecule has 0 atom stereocenters. The third-order valence-electron chi connectivity index (χ3n) is 5.61. The quantitative estimate of drug-likeness (QED) is 0.464. The highest BCUT2D eigenvalue weighted by Gasteiger charge is 2.19. The first-order valence-corrected chi connectivity index (χ1v) is 10.6. The molecule has 0 bridgehead atoms. The van der Waals surface area contributed by atoms with Gasteiger partial charge in [-0.3, -0.25) is 4.79 Å². The summed E-state index contributed by atoms with van der Waals surface area (Å²) in [7, 11) is 0. The van der Waals surface area contributed by atoms with Crippen LogP contribution in [0.3, 0.4) is 0 Å². The van der Waals surface area contributed by atoms with Crippen molar-refractivity contribution < 1.29 is 4.79 Å². The molecule has 0 radical (unpaired) electrons. The van der Waals surface area contributed by atoms with Crippen LogP contribution < -0.4 is 5.32 Å². The lowest BCUT2D eigenvalue weighted by atomic mass is 10.0. The minimum Gasteiger partial charge on any atom is -0.322 e. The highest BCUT2D eigenvalue weighted by atomic mass is 35.5. The van der Waals surface area contributed by atoms with Crippen molar-refractivity contribution in [2.24, 2.45) is 0 Å². The minimum atomic E-state index is -0.153. The molecule has 3 aromatic carbocycles. The SMILES string of the molecule is O=C(Nc1ccc(Cl)c(-c2nnc3n2CCCCC3)c1)c1cccc2ccccc12. The number of amides is 1. The largest absolute Gasteiger partial charge is 0.322 e. The molecule has 1 aromatic heterocycles. The van der Waals surface area contributed by atoms with Crippen LogP contribution in [0.4, 0.5) is 5.69 Å². The maximum atomic E-state index is 13.0. The summed E-state index contributed by atoms with van der Waals surface area (Å²) < 4.78 is 2.16. The predicted molar refractivity (Wildman–Crippen MR) is 120 cm³/mol. The number of anilines is 1. The first-order chi connectivity index (χ1) is 14.7. The topological polar surface area (TPSA) is 59.8 Å². The van der Waals surface area contributed by atoms with Crippen LogP contribution in [0.15, 0.2) is 60.7 Å². The van der Waals surface area contributed by atoms with Crippen LogP contribution in [0.1, 0.15) is 35.4 Å². The molecule has 0 spiro atoms. The smallest absolute Gasteiger partial charge is 0.256 e. The van der Waals surface area contributed by atoms with Crippen LogP contribution in [0.5, 0.6) is 0 Å². The van der Waals surface area contributed by atoms with Gasteiger partial charge >= 0.3 is 0 Å². The van der Waals surface area contributed by atoms with Gasteiger partial charge in [-0.2, -0.15) is 0 Å². The van der Waals surface area contributed by atoms with Crippen LogP contribution in [0, 0.1) is 0 Å². The van der Waals surface area contributed by atoms with Crippen molar-refractivity contribution in [3.05, 3.63) is 77.1 Å². The number of nitrogens with one attached hydrogen (secondary N) is 1. The Bertz CT molecular complexity index is 1240.